The van der Waals surface area contributed by atoms with Crippen LogP contribution in [0.25, 0.3) is 5.69 Å². The molecule has 0 atom stereocenters. The van der Waals surface area contributed by atoms with Crippen LogP contribution in [0.1, 0.15) is 5.82 Å². The first kappa shape index (κ1) is 8.13. The van der Waals surface area contributed by atoms with Crippen molar-refractivity contribution in [1.29, 1.82) is 0 Å². The summed E-state index contributed by atoms with van der Waals surface area (Å²) in [6.07, 6.45) is 3.58. The van der Waals surface area contributed by atoms with Crippen molar-refractivity contribution in [1.82, 2.24) is 9.55 Å². The third-order valence-corrected chi connectivity index (χ3v) is 1.95. The van der Waals surface area contributed by atoms with E-state index in [4.69, 9.17) is 12.2 Å². The van der Waals surface area contributed by atoms with Crippen LogP contribution >= 0.6 is 12.2 Å². The molecule has 1 aromatic heterocycles. The number of aromatic nitrogens is 2. The van der Waals surface area contributed by atoms with E-state index in [9.17, 15) is 0 Å². The third kappa shape index (κ3) is 1.51. The van der Waals surface area contributed by atoms with Gasteiger partial charge in [-0.3, -0.25) is 4.57 Å². The van der Waals surface area contributed by atoms with Crippen molar-refractivity contribution >= 4 is 17.6 Å². The molecule has 0 N–H and O–H groups in total. The standard InChI is InChI=1S/C10H7N2S/c13-8-10-11-6-7-12(10)9-4-2-1-3-5-9/h1-7H. The van der Waals surface area contributed by atoms with E-state index in [0.29, 0.717) is 5.82 Å². The van der Waals surface area contributed by atoms with Gasteiger partial charge in [0.1, 0.15) is 5.37 Å². The van der Waals surface area contributed by atoms with Crippen molar-refractivity contribution < 1.29 is 0 Å². The Balaban J connectivity index is 2.52. The van der Waals surface area contributed by atoms with Crippen LogP contribution in [-0.2, 0) is 0 Å². The smallest absolute Gasteiger partial charge is 0.157 e. The van der Waals surface area contributed by atoms with E-state index in [2.05, 4.69) is 10.4 Å². The molecule has 0 fully saturated rings. The van der Waals surface area contributed by atoms with E-state index in [1.165, 1.54) is 0 Å². The van der Waals surface area contributed by atoms with Gasteiger partial charge in [0.05, 0.1) is 0 Å². The fourth-order valence-electron chi connectivity index (χ4n) is 1.18. The molecule has 2 nitrogen and oxygen atoms in total. The van der Waals surface area contributed by atoms with Crippen LogP contribution in [0.15, 0.2) is 42.7 Å². The van der Waals surface area contributed by atoms with Crippen LogP contribution in [0.3, 0.4) is 0 Å². The van der Waals surface area contributed by atoms with Gasteiger partial charge in [-0.25, -0.2) is 4.98 Å². The van der Waals surface area contributed by atoms with Gasteiger partial charge in [0.15, 0.2) is 5.82 Å². The van der Waals surface area contributed by atoms with Crippen LogP contribution in [0, 0.1) is 0 Å². The summed E-state index contributed by atoms with van der Waals surface area (Å²) in [4.78, 5) is 4.06. The number of nitrogens with zero attached hydrogens (tertiary/aromatic N) is 2. The van der Waals surface area contributed by atoms with Gasteiger partial charge in [-0.05, 0) is 12.1 Å². The molecule has 0 saturated carbocycles. The number of benzene rings is 1. The lowest BCUT2D eigenvalue weighted by Crippen LogP contribution is -1.97. The first-order valence-corrected chi connectivity index (χ1v) is 4.29. The van der Waals surface area contributed by atoms with E-state index < -0.39 is 0 Å². The van der Waals surface area contributed by atoms with E-state index in [-0.39, 0.29) is 0 Å². The van der Waals surface area contributed by atoms with Crippen molar-refractivity contribution in [3.05, 3.63) is 48.5 Å². The van der Waals surface area contributed by atoms with E-state index >= 15 is 0 Å². The van der Waals surface area contributed by atoms with Crippen molar-refractivity contribution in [2.24, 2.45) is 0 Å². The van der Waals surface area contributed by atoms with Gasteiger partial charge >= 0.3 is 0 Å². The SMILES string of the molecule is S=[C]c1nccn1-c1ccccc1. The van der Waals surface area contributed by atoms with Crippen molar-refractivity contribution in [3.63, 3.8) is 0 Å². The van der Waals surface area contributed by atoms with Crippen LogP contribution in [0.4, 0.5) is 0 Å². The fourth-order valence-corrected chi connectivity index (χ4v) is 1.33. The van der Waals surface area contributed by atoms with Gasteiger partial charge in [0, 0.05) is 18.1 Å². The van der Waals surface area contributed by atoms with Gasteiger partial charge in [-0.2, -0.15) is 0 Å². The molecule has 0 aliphatic rings. The van der Waals surface area contributed by atoms with Gasteiger partial charge in [-0.15, -0.1) is 0 Å². The molecule has 1 aromatic carbocycles. The molecule has 0 spiro atoms. The normalized spacial score (nSPS) is 9.85. The molecule has 63 valence electrons. The van der Waals surface area contributed by atoms with E-state index in [0.717, 1.165) is 5.69 Å². The van der Waals surface area contributed by atoms with E-state index in [1.54, 1.807) is 6.20 Å². The molecular formula is C10H7N2S. The Hall–Kier alpha value is -1.48. The summed E-state index contributed by atoms with van der Waals surface area (Å²) in [7, 11) is 0. The zero-order valence-corrected chi connectivity index (χ0v) is 7.66. The highest BCUT2D eigenvalue weighted by Gasteiger charge is 2.00. The number of imidazole rings is 1. The Morgan fingerprint density at radius 1 is 1.23 bits per heavy atom. The first-order valence-electron chi connectivity index (χ1n) is 3.89. The molecule has 0 aliphatic carbocycles. The Bertz CT molecular complexity index is 406. The highest BCUT2D eigenvalue weighted by atomic mass is 32.1. The maximum absolute atomic E-state index is 4.73. The maximum Gasteiger partial charge on any atom is 0.157 e. The molecule has 0 amide bonds. The molecular weight excluding hydrogens is 180 g/mol. The zero-order valence-electron chi connectivity index (χ0n) is 6.84. The van der Waals surface area contributed by atoms with Crippen molar-refractivity contribution in [3.8, 4) is 5.69 Å². The Morgan fingerprint density at radius 2 is 2.00 bits per heavy atom. The van der Waals surface area contributed by atoms with Crippen LogP contribution in [-0.4, -0.2) is 14.9 Å². The molecule has 2 rings (SSSR count). The largest absolute Gasteiger partial charge is 0.299 e. The quantitative estimate of drug-likeness (QED) is 0.670. The van der Waals surface area contributed by atoms with E-state index in [1.807, 2.05) is 41.1 Å². The van der Waals surface area contributed by atoms with Gasteiger partial charge in [0.2, 0.25) is 0 Å². The fraction of sp³-hybridized carbons (Fsp3) is 0. The van der Waals surface area contributed by atoms with Crippen molar-refractivity contribution in [2.75, 3.05) is 0 Å². The van der Waals surface area contributed by atoms with Gasteiger partial charge in [0.25, 0.3) is 0 Å². The Kier molecular flexibility index (Phi) is 2.19. The summed E-state index contributed by atoms with van der Waals surface area (Å²) in [6.45, 7) is 0. The molecule has 3 heteroatoms. The lowest BCUT2D eigenvalue weighted by molar-refractivity contribution is 1.04. The monoisotopic (exact) mass is 187 g/mol. The second-order valence-corrected chi connectivity index (χ2v) is 2.76. The molecule has 1 radical (unpaired) electrons. The molecule has 0 aliphatic heterocycles. The summed E-state index contributed by atoms with van der Waals surface area (Å²) < 4.78 is 1.90. The average molecular weight is 187 g/mol. The summed E-state index contributed by atoms with van der Waals surface area (Å²) >= 11 is 4.73. The van der Waals surface area contributed by atoms with Crippen LogP contribution < -0.4 is 0 Å². The molecule has 0 bridgehead atoms. The number of hydrogen-bond donors (Lipinski definition) is 0. The summed E-state index contributed by atoms with van der Waals surface area (Å²) in [5.74, 6) is 0.668. The van der Waals surface area contributed by atoms with Gasteiger partial charge in [-0.1, -0.05) is 30.4 Å². The molecule has 2 aromatic rings. The summed E-state index contributed by atoms with van der Waals surface area (Å²) in [5, 5.41) is 2.61. The minimum Gasteiger partial charge on any atom is -0.299 e. The summed E-state index contributed by atoms with van der Waals surface area (Å²) in [5.41, 5.74) is 1.05. The Morgan fingerprint density at radius 3 is 2.69 bits per heavy atom. The number of para-hydroxylation sites is 1. The minimum atomic E-state index is 0.668. The predicted octanol–water partition coefficient (Wildman–Crippen LogP) is 2.10. The minimum absolute atomic E-state index is 0.668. The van der Waals surface area contributed by atoms with Crippen molar-refractivity contribution in [2.45, 2.75) is 0 Å². The number of hydrogen-bond acceptors (Lipinski definition) is 2. The first-order chi connectivity index (χ1) is 6.42. The molecule has 0 unspecified atom stereocenters. The van der Waals surface area contributed by atoms with Gasteiger partial charge < -0.3 is 0 Å². The highest BCUT2D eigenvalue weighted by molar-refractivity contribution is 7.79. The molecule has 13 heavy (non-hydrogen) atoms. The lowest BCUT2D eigenvalue weighted by atomic mass is 10.3. The predicted molar refractivity (Wildman–Crippen MR) is 55.3 cm³/mol. The second kappa shape index (κ2) is 3.49. The van der Waals surface area contributed by atoms with Crippen LogP contribution in [0.2, 0.25) is 0 Å². The second-order valence-electron chi connectivity index (χ2n) is 2.56. The summed E-state index contributed by atoms with van der Waals surface area (Å²) in [6, 6.07) is 9.92. The third-order valence-electron chi connectivity index (χ3n) is 1.77. The maximum atomic E-state index is 4.73. The van der Waals surface area contributed by atoms with Crippen LogP contribution in [0.5, 0.6) is 0 Å². The Labute approximate surface area is 81.9 Å². The average Bonchev–Trinajstić information content (AvgIpc) is 2.67. The zero-order chi connectivity index (χ0) is 9.10. The topological polar surface area (TPSA) is 17.8 Å². The lowest BCUT2D eigenvalue weighted by Gasteiger charge is -2.02. The number of rotatable bonds is 2. The number of thiocarbonyl (C=S) groups is 1. The molecule has 1 heterocycles. The highest BCUT2D eigenvalue weighted by Crippen LogP contribution is 2.08. The molecule has 0 saturated heterocycles.